The molecule has 1 aliphatic heterocycles. The van der Waals surface area contributed by atoms with Gasteiger partial charge in [0.1, 0.15) is 0 Å². The summed E-state index contributed by atoms with van der Waals surface area (Å²) in [6.45, 7) is 6.11. The van der Waals surface area contributed by atoms with Crippen LogP contribution in [0.15, 0.2) is 17.0 Å². The maximum atomic E-state index is 12.7. The van der Waals surface area contributed by atoms with Gasteiger partial charge in [0.2, 0.25) is 10.0 Å². The summed E-state index contributed by atoms with van der Waals surface area (Å²) >= 11 is 11.9. The largest absolute Gasteiger partial charge is 0.373 e. The van der Waals surface area contributed by atoms with Gasteiger partial charge in [-0.25, -0.2) is 8.42 Å². The molecule has 0 bridgehead atoms. The van der Waals surface area contributed by atoms with Crippen LogP contribution in [-0.4, -0.2) is 38.0 Å². The topological polar surface area (TPSA) is 46.6 Å². The van der Waals surface area contributed by atoms with Crippen molar-refractivity contribution in [3.05, 3.63) is 27.7 Å². The summed E-state index contributed by atoms with van der Waals surface area (Å²) in [5.74, 6) is 0. The first kappa shape index (κ1) is 16.0. The monoisotopic (exact) mass is 337 g/mol. The molecule has 1 saturated heterocycles. The zero-order valence-electron chi connectivity index (χ0n) is 11.6. The highest BCUT2D eigenvalue weighted by Crippen LogP contribution is 2.30. The van der Waals surface area contributed by atoms with E-state index in [9.17, 15) is 8.42 Å². The Balaban J connectivity index is 2.42. The predicted octanol–water partition coefficient (Wildman–Crippen LogP) is 3.10. The van der Waals surface area contributed by atoms with Gasteiger partial charge in [0, 0.05) is 13.1 Å². The van der Waals surface area contributed by atoms with Crippen molar-refractivity contribution in [1.82, 2.24) is 4.31 Å². The molecule has 0 spiro atoms. The van der Waals surface area contributed by atoms with Gasteiger partial charge in [-0.2, -0.15) is 4.31 Å². The molecular formula is C13H17Cl2NO3S. The summed E-state index contributed by atoms with van der Waals surface area (Å²) in [5.41, 5.74) is 0.589. The third-order valence-corrected chi connectivity index (χ3v) is 5.92. The highest BCUT2D eigenvalue weighted by atomic mass is 35.5. The number of benzene rings is 1. The fraction of sp³-hybridized carbons (Fsp3) is 0.538. The highest BCUT2D eigenvalue weighted by molar-refractivity contribution is 7.89. The first-order valence-electron chi connectivity index (χ1n) is 6.33. The van der Waals surface area contributed by atoms with Gasteiger partial charge in [-0.05, 0) is 38.5 Å². The maximum absolute atomic E-state index is 12.7. The summed E-state index contributed by atoms with van der Waals surface area (Å²) in [7, 11) is -3.59. The number of sulfonamides is 1. The van der Waals surface area contributed by atoms with Gasteiger partial charge in [-0.15, -0.1) is 0 Å². The molecule has 1 aromatic carbocycles. The average Bonchev–Trinajstić information content (AvgIpc) is 2.32. The predicted molar refractivity (Wildman–Crippen MR) is 80.0 cm³/mol. The normalized spacial score (nSPS) is 24.9. The van der Waals surface area contributed by atoms with Gasteiger partial charge < -0.3 is 4.74 Å². The lowest BCUT2D eigenvalue weighted by Gasteiger charge is -2.34. The van der Waals surface area contributed by atoms with Crippen molar-refractivity contribution in [1.29, 1.82) is 0 Å². The third-order valence-electron chi connectivity index (χ3n) is 3.22. The Bertz CT molecular complexity index is 608. The van der Waals surface area contributed by atoms with Crippen molar-refractivity contribution in [3.8, 4) is 0 Å². The molecule has 0 N–H and O–H groups in total. The van der Waals surface area contributed by atoms with Gasteiger partial charge in [-0.3, -0.25) is 0 Å². The molecule has 2 rings (SSSR count). The van der Waals surface area contributed by atoms with Crippen LogP contribution >= 0.6 is 23.2 Å². The van der Waals surface area contributed by atoms with Crippen LogP contribution < -0.4 is 0 Å². The summed E-state index contributed by atoms with van der Waals surface area (Å²) < 4.78 is 32.5. The van der Waals surface area contributed by atoms with Crippen LogP contribution in [0.2, 0.25) is 10.0 Å². The van der Waals surface area contributed by atoms with Crippen LogP contribution in [0.25, 0.3) is 0 Å². The Kier molecular flexibility index (Phi) is 4.66. The van der Waals surface area contributed by atoms with E-state index in [1.165, 1.54) is 10.4 Å². The summed E-state index contributed by atoms with van der Waals surface area (Å²) in [6.07, 6.45) is -0.256. The van der Waals surface area contributed by atoms with E-state index in [0.717, 1.165) is 0 Å². The molecule has 0 aliphatic carbocycles. The van der Waals surface area contributed by atoms with E-state index in [4.69, 9.17) is 27.9 Å². The molecule has 0 aromatic heterocycles. The van der Waals surface area contributed by atoms with Crippen molar-refractivity contribution in [3.63, 3.8) is 0 Å². The van der Waals surface area contributed by atoms with E-state index in [1.807, 2.05) is 13.8 Å². The lowest BCUT2D eigenvalue weighted by molar-refractivity contribution is -0.0440. The molecule has 0 amide bonds. The number of hydrogen-bond acceptors (Lipinski definition) is 3. The lowest BCUT2D eigenvalue weighted by atomic mass is 10.2. The Morgan fingerprint density at radius 2 is 1.65 bits per heavy atom. The fourth-order valence-corrected chi connectivity index (χ4v) is 4.64. The van der Waals surface area contributed by atoms with E-state index in [1.54, 1.807) is 13.0 Å². The molecule has 0 unspecified atom stereocenters. The van der Waals surface area contributed by atoms with Gasteiger partial charge in [-0.1, -0.05) is 23.2 Å². The molecule has 0 radical (unpaired) electrons. The van der Waals surface area contributed by atoms with Crippen LogP contribution in [0, 0.1) is 6.92 Å². The molecular weight excluding hydrogens is 321 g/mol. The van der Waals surface area contributed by atoms with Crippen molar-refractivity contribution in [2.45, 2.75) is 37.9 Å². The minimum absolute atomic E-state index is 0.128. The SMILES string of the molecule is Cc1cc(Cl)c(Cl)cc1S(=O)(=O)N1C[C@@H](C)O[C@H](C)C1. The highest BCUT2D eigenvalue weighted by Gasteiger charge is 2.33. The van der Waals surface area contributed by atoms with Gasteiger partial charge in [0.15, 0.2) is 0 Å². The molecule has 4 nitrogen and oxygen atoms in total. The quantitative estimate of drug-likeness (QED) is 0.832. The molecule has 112 valence electrons. The van der Waals surface area contributed by atoms with E-state index in [2.05, 4.69) is 0 Å². The number of ether oxygens (including phenoxy) is 1. The summed E-state index contributed by atoms with van der Waals surface area (Å²) in [6, 6.07) is 2.99. The van der Waals surface area contributed by atoms with Crippen LogP contribution in [0.3, 0.4) is 0 Å². The first-order chi connectivity index (χ1) is 9.21. The van der Waals surface area contributed by atoms with Crippen molar-refractivity contribution >= 4 is 33.2 Å². The first-order valence-corrected chi connectivity index (χ1v) is 8.52. The standard InChI is InChI=1S/C13H17Cl2NO3S/c1-8-4-11(14)12(15)5-13(8)20(17,18)16-6-9(2)19-10(3)7-16/h4-5,9-10H,6-7H2,1-3H3/t9-,10-/m1/s1. The van der Waals surface area contributed by atoms with E-state index >= 15 is 0 Å². The zero-order chi connectivity index (χ0) is 15.1. The van der Waals surface area contributed by atoms with E-state index < -0.39 is 10.0 Å². The fourth-order valence-electron chi connectivity index (χ4n) is 2.37. The molecule has 7 heteroatoms. The summed E-state index contributed by atoms with van der Waals surface area (Å²) in [5, 5.41) is 0.594. The lowest BCUT2D eigenvalue weighted by Crippen LogP contribution is -2.48. The molecule has 1 aromatic rings. The second-order valence-electron chi connectivity index (χ2n) is 5.11. The van der Waals surface area contributed by atoms with Crippen molar-refractivity contribution < 1.29 is 13.2 Å². The minimum atomic E-state index is -3.59. The Hall–Kier alpha value is -0.330. The van der Waals surface area contributed by atoms with E-state index in [-0.39, 0.29) is 22.1 Å². The molecule has 1 fully saturated rings. The van der Waals surface area contributed by atoms with E-state index in [0.29, 0.717) is 23.7 Å². The van der Waals surface area contributed by atoms with Crippen molar-refractivity contribution in [2.75, 3.05) is 13.1 Å². The smallest absolute Gasteiger partial charge is 0.243 e. The third kappa shape index (κ3) is 3.12. The zero-order valence-corrected chi connectivity index (χ0v) is 13.9. The maximum Gasteiger partial charge on any atom is 0.243 e. The number of morpholine rings is 1. The molecule has 20 heavy (non-hydrogen) atoms. The van der Waals surface area contributed by atoms with Crippen LogP contribution in [0.5, 0.6) is 0 Å². The molecule has 0 saturated carbocycles. The second-order valence-corrected chi connectivity index (χ2v) is 7.83. The number of halogens is 2. The average molecular weight is 338 g/mol. The second kappa shape index (κ2) is 5.81. The van der Waals surface area contributed by atoms with Gasteiger partial charge >= 0.3 is 0 Å². The summed E-state index contributed by atoms with van der Waals surface area (Å²) in [4.78, 5) is 0.202. The number of hydrogen-bond donors (Lipinski definition) is 0. The molecule has 1 aliphatic rings. The van der Waals surface area contributed by atoms with Crippen molar-refractivity contribution in [2.24, 2.45) is 0 Å². The Labute approximate surface area is 129 Å². The number of nitrogens with zero attached hydrogens (tertiary/aromatic N) is 1. The van der Waals surface area contributed by atoms with Crippen LogP contribution in [0.4, 0.5) is 0 Å². The molecule has 1 heterocycles. The number of aryl methyl sites for hydroxylation is 1. The van der Waals surface area contributed by atoms with Crippen LogP contribution in [-0.2, 0) is 14.8 Å². The Morgan fingerprint density at radius 1 is 1.15 bits per heavy atom. The Morgan fingerprint density at radius 3 is 2.20 bits per heavy atom. The van der Waals surface area contributed by atoms with Gasteiger partial charge in [0.05, 0.1) is 27.1 Å². The minimum Gasteiger partial charge on any atom is -0.373 e. The molecule has 2 atom stereocenters. The van der Waals surface area contributed by atoms with Crippen LogP contribution in [0.1, 0.15) is 19.4 Å². The number of rotatable bonds is 2. The van der Waals surface area contributed by atoms with Gasteiger partial charge in [0.25, 0.3) is 0 Å².